The Balaban J connectivity index is 1.57. The summed E-state index contributed by atoms with van der Waals surface area (Å²) in [6, 6.07) is 9.58. The van der Waals surface area contributed by atoms with Crippen molar-refractivity contribution < 1.29 is 4.79 Å². The summed E-state index contributed by atoms with van der Waals surface area (Å²) in [6.45, 7) is 6.85. The molecule has 7 heteroatoms. The number of hydrogen-bond acceptors (Lipinski definition) is 5. The van der Waals surface area contributed by atoms with Crippen LogP contribution in [-0.4, -0.2) is 38.4 Å². The van der Waals surface area contributed by atoms with E-state index >= 15 is 0 Å². The number of aromatic nitrogens is 3. The SMILES string of the molecule is Cc1cnc(Cn2ccc(C)c(C(=O)Nc3ccccc3CN3CCCC3)c2=O)cn1. The number of nitrogens with one attached hydrogen (secondary N) is 1. The number of aryl methyl sites for hydroxylation is 2. The van der Waals surface area contributed by atoms with Gasteiger partial charge in [0, 0.05) is 24.6 Å². The lowest BCUT2D eigenvalue weighted by molar-refractivity contribution is 0.102. The minimum atomic E-state index is -0.388. The number of amides is 1. The lowest BCUT2D eigenvalue weighted by Crippen LogP contribution is -2.31. The Hall–Kier alpha value is -3.32. The Morgan fingerprint density at radius 1 is 1.03 bits per heavy atom. The number of likely N-dealkylation sites (tertiary alicyclic amines) is 1. The Kier molecular flexibility index (Phi) is 6.23. The Morgan fingerprint density at radius 2 is 1.81 bits per heavy atom. The number of benzene rings is 1. The number of carbonyl (C=O) groups is 1. The lowest BCUT2D eigenvalue weighted by atomic mass is 10.1. The average molecular weight is 418 g/mol. The van der Waals surface area contributed by atoms with Crippen molar-refractivity contribution in [3.63, 3.8) is 0 Å². The minimum Gasteiger partial charge on any atom is -0.322 e. The molecule has 0 saturated carbocycles. The highest BCUT2D eigenvalue weighted by atomic mass is 16.2. The van der Waals surface area contributed by atoms with Crippen molar-refractivity contribution >= 4 is 11.6 Å². The molecule has 1 aromatic carbocycles. The van der Waals surface area contributed by atoms with Crippen LogP contribution in [0.15, 0.2) is 53.7 Å². The second-order valence-corrected chi connectivity index (χ2v) is 8.05. The van der Waals surface area contributed by atoms with Crippen LogP contribution < -0.4 is 10.9 Å². The standard InChI is InChI=1S/C24H27N5O2/c1-17-9-12-29(16-20-14-25-18(2)13-26-20)24(31)22(17)23(30)27-21-8-4-3-7-19(21)15-28-10-5-6-11-28/h3-4,7-9,12-14H,5-6,10-11,15-16H2,1-2H3,(H,27,30). The molecule has 1 N–H and O–H groups in total. The molecule has 0 atom stereocenters. The number of pyridine rings is 1. The highest BCUT2D eigenvalue weighted by Crippen LogP contribution is 2.20. The molecule has 0 aliphatic carbocycles. The fourth-order valence-corrected chi connectivity index (χ4v) is 3.89. The molecule has 1 aliphatic heterocycles. The molecule has 1 amide bonds. The number of nitrogens with zero attached hydrogens (tertiary/aromatic N) is 4. The Bertz CT molecular complexity index is 1130. The van der Waals surface area contributed by atoms with Crippen molar-refractivity contribution in [3.8, 4) is 0 Å². The third-order valence-corrected chi connectivity index (χ3v) is 5.63. The smallest absolute Gasteiger partial charge is 0.264 e. The molecule has 1 fully saturated rings. The topological polar surface area (TPSA) is 80.1 Å². The number of carbonyl (C=O) groups excluding carboxylic acids is 1. The first kappa shape index (κ1) is 20.9. The summed E-state index contributed by atoms with van der Waals surface area (Å²) < 4.78 is 1.50. The number of para-hydroxylation sites is 1. The summed E-state index contributed by atoms with van der Waals surface area (Å²) in [6.07, 6.45) is 7.43. The highest BCUT2D eigenvalue weighted by molar-refractivity contribution is 6.05. The van der Waals surface area contributed by atoms with Gasteiger partial charge in [-0.25, -0.2) is 0 Å². The number of anilines is 1. The Labute approximate surface area is 181 Å². The monoisotopic (exact) mass is 417 g/mol. The number of hydrogen-bond donors (Lipinski definition) is 1. The van der Waals surface area contributed by atoms with Gasteiger partial charge in [-0.3, -0.25) is 24.5 Å². The van der Waals surface area contributed by atoms with E-state index in [2.05, 4.69) is 20.2 Å². The molecule has 2 aromatic heterocycles. The third kappa shape index (κ3) is 4.88. The van der Waals surface area contributed by atoms with E-state index in [1.54, 1.807) is 31.6 Å². The van der Waals surface area contributed by atoms with Crippen molar-refractivity contribution in [1.29, 1.82) is 0 Å². The van der Waals surface area contributed by atoms with E-state index in [1.807, 2.05) is 31.2 Å². The second-order valence-electron chi connectivity index (χ2n) is 8.05. The summed E-state index contributed by atoms with van der Waals surface area (Å²) >= 11 is 0. The molecule has 7 nitrogen and oxygen atoms in total. The van der Waals surface area contributed by atoms with E-state index in [4.69, 9.17) is 0 Å². The normalized spacial score (nSPS) is 14.0. The van der Waals surface area contributed by atoms with Crippen molar-refractivity contribution in [1.82, 2.24) is 19.4 Å². The van der Waals surface area contributed by atoms with Gasteiger partial charge in [0.05, 0.1) is 24.1 Å². The Morgan fingerprint density at radius 3 is 2.55 bits per heavy atom. The van der Waals surface area contributed by atoms with Crippen LogP contribution in [0.5, 0.6) is 0 Å². The largest absolute Gasteiger partial charge is 0.322 e. The summed E-state index contributed by atoms with van der Waals surface area (Å²) in [7, 11) is 0. The number of rotatable bonds is 6. The van der Waals surface area contributed by atoms with Gasteiger partial charge in [-0.05, 0) is 63.0 Å². The van der Waals surface area contributed by atoms with Crippen LogP contribution in [0.1, 0.15) is 45.7 Å². The van der Waals surface area contributed by atoms with Crippen LogP contribution in [0.3, 0.4) is 0 Å². The van der Waals surface area contributed by atoms with Crippen LogP contribution in [0, 0.1) is 13.8 Å². The fraction of sp³-hybridized carbons (Fsp3) is 0.333. The van der Waals surface area contributed by atoms with E-state index in [-0.39, 0.29) is 23.6 Å². The maximum atomic E-state index is 13.1. The average Bonchev–Trinajstić information content (AvgIpc) is 3.26. The maximum Gasteiger partial charge on any atom is 0.264 e. The zero-order chi connectivity index (χ0) is 21.8. The first-order valence-electron chi connectivity index (χ1n) is 10.6. The van der Waals surface area contributed by atoms with Gasteiger partial charge >= 0.3 is 0 Å². The van der Waals surface area contributed by atoms with Crippen molar-refractivity contribution in [2.45, 2.75) is 39.8 Å². The third-order valence-electron chi connectivity index (χ3n) is 5.63. The summed E-state index contributed by atoms with van der Waals surface area (Å²) in [4.78, 5) is 37.2. The quantitative estimate of drug-likeness (QED) is 0.666. The van der Waals surface area contributed by atoms with Crippen molar-refractivity contribution in [2.24, 2.45) is 0 Å². The molecule has 0 unspecified atom stereocenters. The van der Waals surface area contributed by atoms with Crippen molar-refractivity contribution in [2.75, 3.05) is 18.4 Å². The van der Waals surface area contributed by atoms with Crippen molar-refractivity contribution in [3.05, 3.63) is 87.4 Å². The second kappa shape index (κ2) is 9.22. The van der Waals surface area contributed by atoms with Crippen LogP contribution >= 0.6 is 0 Å². The van der Waals surface area contributed by atoms with E-state index in [9.17, 15) is 9.59 Å². The van der Waals surface area contributed by atoms with Gasteiger partial charge < -0.3 is 9.88 Å². The van der Waals surface area contributed by atoms with E-state index in [0.717, 1.165) is 36.6 Å². The van der Waals surface area contributed by atoms with Gasteiger partial charge in [0.25, 0.3) is 11.5 Å². The molecule has 1 aliphatic rings. The minimum absolute atomic E-state index is 0.151. The molecule has 1 saturated heterocycles. The summed E-state index contributed by atoms with van der Waals surface area (Å²) in [5.74, 6) is -0.388. The van der Waals surface area contributed by atoms with Gasteiger partial charge in [-0.2, -0.15) is 0 Å². The van der Waals surface area contributed by atoms with Gasteiger partial charge in [-0.1, -0.05) is 18.2 Å². The van der Waals surface area contributed by atoms with E-state index in [0.29, 0.717) is 11.3 Å². The predicted octanol–water partition coefficient (Wildman–Crippen LogP) is 3.15. The van der Waals surface area contributed by atoms with Gasteiger partial charge in [-0.15, -0.1) is 0 Å². The molecule has 160 valence electrons. The van der Waals surface area contributed by atoms with Gasteiger partial charge in [0.1, 0.15) is 5.56 Å². The molecule has 4 rings (SSSR count). The van der Waals surface area contributed by atoms with E-state index in [1.165, 1.54) is 17.4 Å². The maximum absolute atomic E-state index is 13.1. The molecule has 0 spiro atoms. The lowest BCUT2D eigenvalue weighted by Gasteiger charge is -2.18. The zero-order valence-electron chi connectivity index (χ0n) is 18.0. The predicted molar refractivity (Wildman–Crippen MR) is 120 cm³/mol. The summed E-state index contributed by atoms with van der Waals surface area (Å²) in [5.41, 5.74) is 3.74. The van der Waals surface area contributed by atoms with Crippen LogP contribution in [0.25, 0.3) is 0 Å². The fourth-order valence-electron chi connectivity index (χ4n) is 3.89. The van der Waals surface area contributed by atoms with E-state index < -0.39 is 0 Å². The molecule has 0 bridgehead atoms. The highest BCUT2D eigenvalue weighted by Gasteiger charge is 2.19. The first-order valence-corrected chi connectivity index (χ1v) is 10.6. The molecule has 3 aromatic rings. The molecule has 3 heterocycles. The molecular weight excluding hydrogens is 390 g/mol. The zero-order valence-corrected chi connectivity index (χ0v) is 18.0. The molecule has 0 radical (unpaired) electrons. The summed E-state index contributed by atoms with van der Waals surface area (Å²) in [5, 5.41) is 2.97. The van der Waals surface area contributed by atoms with Crippen LogP contribution in [-0.2, 0) is 13.1 Å². The molecular formula is C24H27N5O2. The van der Waals surface area contributed by atoms with Gasteiger partial charge in [0.2, 0.25) is 0 Å². The first-order chi connectivity index (χ1) is 15.0. The van der Waals surface area contributed by atoms with Gasteiger partial charge in [0.15, 0.2) is 0 Å². The molecule has 31 heavy (non-hydrogen) atoms. The van der Waals surface area contributed by atoms with Crippen LogP contribution in [0.2, 0.25) is 0 Å². The van der Waals surface area contributed by atoms with Crippen LogP contribution in [0.4, 0.5) is 5.69 Å².